The minimum absolute atomic E-state index is 0.232. The van der Waals surface area contributed by atoms with E-state index in [1.807, 2.05) is 31.4 Å². The van der Waals surface area contributed by atoms with E-state index in [1.165, 1.54) is 11.3 Å². The van der Waals surface area contributed by atoms with Crippen LogP contribution in [0.25, 0.3) is 10.6 Å². The van der Waals surface area contributed by atoms with Crippen molar-refractivity contribution in [3.05, 3.63) is 34.3 Å². The molecule has 1 amide bonds. The molecule has 3 aromatic rings. The lowest BCUT2D eigenvalue weighted by molar-refractivity contribution is 0.101. The normalized spacial score (nSPS) is 11.1. The van der Waals surface area contributed by atoms with Crippen LogP contribution in [0.15, 0.2) is 23.6 Å². The van der Waals surface area contributed by atoms with E-state index in [9.17, 15) is 4.79 Å². The molecule has 0 atom stereocenters. The van der Waals surface area contributed by atoms with Crippen molar-refractivity contribution in [3.8, 4) is 10.6 Å². The van der Waals surface area contributed by atoms with Gasteiger partial charge >= 0.3 is 0 Å². The molecule has 6 nitrogen and oxygen atoms in total. The lowest BCUT2D eigenvalue weighted by Crippen LogP contribution is -2.15. The van der Waals surface area contributed by atoms with Crippen molar-refractivity contribution in [2.45, 2.75) is 19.8 Å². The number of amides is 1. The van der Waals surface area contributed by atoms with E-state index in [0.29, 0.717) is 16.7 Å². The molecule has 0 saturated heterocycles. The fraction of sp³-hybridized carbons (Fsp3) is 0.286. The molecular weight excluding hydrogens is 318 g/mol. The molecule has 0 unspecified atom stereocenters. The summed E-state index contributed by atoms with van der Waals surface area (Å²) < 4.78 is 1.58. The maximum absolute atomic E-state index is 12.4. The number of aryl methyl sites for hydroxylation is 1. The second kappa shape index (κ2) is 5.98. The molecule has 0 spiro atoms. The van der Waals surface area contributed by atoms with Crippen molar-refractivity contribution in [2.75, 3.05) is 5.32 Å². The first-order valence-corrected chi connectivity index (χ1v) is 8.47. The summed E-state index contributed by atoms with van der Waals surface area (Å²) in [7, 11) is 1.76. The molecule has 0 saturated carbocycles. The Bertz CT molecular complexity index is 788. The largest absolute Gasteiger partial charge is 0.295 e. The molecule has 3 heterocycles. The minimum atomic E-state index is -0.232. The zero-order chi connectivity index (χ0) is 15.7. The van der Waals surface area contributed by atoms with Gasteiger partial charge in [-0.3, -0.25) is 14.8 Å². The number of rotatable bonds is 4. The molecule has 0 aliphatic heterocycles. The van der Waals surface area contributed by atoms with Gasteiger partial charge in [0.05, 0.1) is 4.88 Å². The molecule has 0 aromatic carbocycles. The Hall–Kier alpha value is -2.06. The van der Waals surface area contributed by atoms with Gasteiger partial charge in [0, 0.05) is 13.0 Å². The number of thiophene rings is 1. The van der Waals surface area contributed by atoms with Gasteiger partial charge in [-0.15, -0.1) is 21.5 Å². The first-order valence-electron chi connectivity index (χ1n) is 6.77. The standard InChI is InChI=1S/C14H15N5OS2/c1-8(2)13-16-17-14(22-13)15-12(20)10-7-9(18-19(10)3)11-5-4-6-21-11/h4-8H,1-3H3,(H,15,17,20). The summed E-state index contributed by atoms with van der Waals surface area (Å²) in [4.78, 5) is 13.4. The SMILES string of the molecule is CC(C)c1nnc(NC(=O)c2cc(-c3cccs3)nn2C)s1. The molecule has 1 N–H and O–H groups in total. The Morgan fingerprint density at radius 2 is 2.18 bits per heavy atom. The molecule has 0 aliphatic rings. The van der Waals surface area contributed by atoms with E-state index in [1.54, 1.807) is 29.1 Å². The van der Waals surface area contributed by atoms with Gasteiger partial charge in [-0.05, 0) is 17.5 Å². The van der Waals surface area contributed by atoms with Crippen LogP contribution in [0.3, 0.4) is 0 Å². The van der Waals surface area contributed by atoms with Crippen molar-refractivity contribution in [1.29, 1.82) is 0 Å². The summed E-state index contributed by atoms with van der Waals surface area (Å²) in [5.41, 5.74) is 1.28. The molecule has 114 valence electrons. The second-order valence-electron chi connectivity index (χ2n) is 5.07. The van der Waals surface area contributed by atoms with Crippen LogP contribution in [-0.2, 0) is 7.05 Å². The number of hydrogen-bond donors (Lipinski definition) is 1. The van der Waals surface area contributed by atoms with E-state index >= 15 is 0 Å². The van der Waals surface area contributed by atoms with Crippen LogP contribution in [0, 0.1) is 0 Å². The minimum Gasteiger partial charge on any atom is -0.295 e. The highest BCUT2D eigenvalue weighted by Gasteiger charge is 2.17. The van der Waals surface area contributed by atoms with Gasteiger partial charge in [0.1, 0.15) is 16.4 Å². The zero-order valence-corrected chi connectivity index (χ0v) is 14.0. The number of carbonyl (C=O) groups is 1. The summed E-state index contributed by atoms with van der Waals surface area (Å²) in [6.07, 6.45) is 0. The summed E-state index contributed by atoms with van der Waals surface area (Å²) in [5.74, 6) is 0.0644. The molecule has 8 heteroatoms. The predicted molar refractivity (Wildman–Crippen MR) is 88.5 cm³/mol. The molecule has 0 aliphatic carbocycles. The summed E-state index contributed by atoms with van der Waals surface area (Å²) in [5, 5.41) is 18.6. The van der Waals surface area contributed by atoms with E-state index < -0.39 is 0 Å². The van der Waals surface area contributed by atoms with Crippen molar-refractivity contribution in [3.63, 3.8) is 0 Å². The van der Waals surface area contributed by atoms with Gasteiger partial charge in [-0.2, -0.15) is 5.10 Å². The van der Waals surface area contributed by atoms with Crippen molar-refractivity contribution in [2.24, 2.45) is 7.05 Å². The van der Waals surface area contributed by atoms with Crippen LogP contribution in [0.5, 0.6) is 0 Å². The lowest BCUT2D eigenvalue weighted by Gasteiger charge is -2.00. The molecule has 3 rings (SSSR count). The molecule has 0 bridgehead atoms. The number of nitrogens with one attached hydrogen (secondary N) is 1. The lowest BCUT2D eigenvalue weighted by atomic mass is 10.2. The Labute approximate surface area is 135 Å². The monoisotopic (exact) mass is 333 g/mol. The Morgan fingerprint density at radius 1 is 1.36 bits per heavy atom. The highest BCUT2D eigenvalue weighted by molar-refractivity contribution is 7.15. The third-order valence-electron chi connectivity index (χ3n) is 3.04. The van der Waals surface area contributed by atoms with Crippen molar-refractivity contribution >= 4 is 33.7 Å². The van der Waals surface area contributed by atoms with Crippen LogP contribution in [0.2, 0.25) is 0 Å². The van der Waals surface area contributed by atoms with Crippen LogP contribution in [0.4, 0.5) is 5.13 Å². The highest BCUT2D eigenvalue weighted by atomic mass is 32.1. The van der Waals surface area contributed by atoms with Crippen molar-refractivity contribution < 1.29 is 4.79 Å². The fourth-order valence-corrected chi connectivity index (χ4v) is 3.33. The maximum atomic E-state index is 12.4. The number of anilines is 1. The Morgan fingerprint density at radius 3 is 2.82 bits per heavy atom. The van der Waals surface area contributed by atoms with Gasteiger partial charge in [0.15, 0.2) is 0 Å². The van der Waals surface area contributed by atoms with Gasteiger partial charge in [0.2, 0.25) is 5.13 Å². The summed E-state index contributed by atoms with van der Waals surface area (Å²) in [6.45, 7) is 4.08. The molecule has 0 fully saturated rings. The second-order valence-corrected chi connectivity index (χ2v) is 7.03. The van der Waals surface area contributed by atoms with E-state index in [-0.39, 0.29) is 5.91 Å². The summed E-state index contributed by atoms with van der Waals surface area (Å²) in [6, 6.07) is 5.73. The van der Waals surface area contributed by atoms with Gasteiger partial charge < -0.3 is 0 Å². The summed E-state index contributed by atoms with van der Waals surface area (Å²) >= 11 is 2.99. The average Bonchev–Trinajstić information content (AvgIpc) is 3.16. The molecular formula is C14H15N5OS2. The smallest absolute Gasteiger partial charge is 0.275 e. The number of aromatic nitrogens is 4. The quantitative estimate of drug-likeness (QED) is 0.794. The first-order chi connectivity index (χ1) is 10.5. The molecule has 0 radical (unpaired) electrons. The third-order valence-corrected chi connectivity index (χ3v) is 5.07. The van der Waals surface area contributed by atoms with E-state index in [0.717, 1.165) is 15.6 Å². The zero-order valence-electron chi connectivity index (χ0n) is 12.4. The van der Waals surface area contributed by atoms with Crippen molar-refractivity contribution in [1.82, 2.24) is 20.0 Å². The number of carbonyl (C=O) groups excluding carboxylic acids is 1. The van der Waals surface area contributed by atoms with E-state index in [4.69, 9.17) is 0 Å². The van der Waals surface area contributed by atoms with Crippen LogP contribution < -0.4 is 5.32 Å². The average molecular weight is 333 g/mol. The topological polar surface area (TPSA) is 72.7 Å². The number of hydrogen-bond acceptors (Lipinski definition) is 6. The van der Waals surface area contributed by atoms with Crippen LogP contribution >= 0.6 is 22.7 Å². The predicted octanol–water partition coefficient (Wildman–Crippen LogP) is 3.38. The van der Waals surface area contributed by atoms with Crippen LogP contribution in [-0.4, -0.2) is 25.9 Å². The fourth-order valence-electron chi connectivity index (χ4n) is 1.90. The molecule has 3 aromatic heterocycles. The Balaban J connectivity index is 1.80. The van der Waals surface area contributed by atoms with Gasteiger partial charge in [-0.25, -0.2) is 0 Å². The number of nitrogens with zero attached hydrogens (tertiary/aromatic N) is 4. The van der Waals surface area contributed by atoms with E-state index in [2.05, 4.69) is 20.6 Å². The van der Waals surface area contributed by atoms with Gasteiger partial charge in [-0.1, -0.05) is 31.3 Å². The highest BCUT2D eigenvalue weighted by Crippen LogP contribution is 2.25. The van der Waals surface area contributed by atoms with Crippen LogP contribution in [0.1, 0.15) is 35.3 Å². The molecule has 22 heavy (non-hydrogen) atoms. The maximum Gasteiger partial charge on any atom is 0.275 e. The third kappa shape index (κ3) is 2.93. The van der Waals surface area contributed by atoms with Gasteiger partial charge in [0.25, 0.3) is 5.91 Å². The Kier molecular flexibility index (Phi) is 4.04. The first kappa shape index (κ1) is 14.9.